The second kappa shape index (κ2) is 8.75. The summed E-state index contributed by atoms with van der Waals surface area (Å²) in [4.78, 5) is 36.0. The molecule has 0 saturated carbocycles. The maximum atomic E-state index is 14.0. The Bertz CT molecular complexity index is 672. The molecule has 1 aliphatic rings. The van der Waals surface area contributed by atoms with Crippen LogP contribution in [0.2, 0.25) is 0 Å². The predicted octanol–water partition coefficient (Wildman–Crippen LogP) is 1.89. The minimum atomic E-state index is -0.965. The molecule has 2 unspecified atom stereocenters. The number of hydrogen-bond acceptors (Lipinski definition) is 3. The monoisotopic (exact) mass is 376 g/mol. The molecule has 1 aliphatic heterocycles. The van der Waals surface area contributed by atoms with E-state index in [2.05, 4.69) is 5.32 Å². The molecule has 1 aromatic carbocycles. The number of nitrogens with one attached hydrogen (secondary N) is 1. The van der Waals surface area contributed by atoms with E-state index >= 15 is 0 Å². The number of rotatable bonds is 5. The average molecular weight is 377 g/mol. The molecule has 6 nitrogen and oxygen atoms in total. The van der Waals surface area contributed by atoms with Crippen molar-refractivity contribution < 1.29 is 28.3 Å². The van der Waals surface area contributed by atoms with E-state index in [0.29, 0.717) is 19.0 Å². The molecule has 0 aromatic heterocycles. The lowest BCUT2D eigenvalue weighted by Crippen LogP contribution is -2.35. The van der Waals surface area contributed by atoms with Crippen LogP contribution in [0, 0.1) is 17.6 Å². The third-order valence-electron chi connectivity index (χ3n) is 3.98. The smallest absolute Gasteiger partial charge is 0.308 e. The minimum Gasteiger partial charge on any atom is -0.481 e. The van der Waals surface area contributed by atoms with E-state index in [0.717, 1.165) is 6.07 Å². The van der Waals surface area contributed by atoms with Crippen molar-refractivity contribution in [1.82, 2.24) is 10.2 Å². The van der Waals surface area contributed by atoms with Crippen molar-refractivity contribution in [2.45, 2.75) is 25.8 Å². The van der Waals surface area contributed by atoms with Crippen LogP contribution in [-0.4, -0.2) is 40.9 Å². The van der Waals surface area contributed by atoms with Gasteiger partial charge in [-0.2, -0.15) is 0 Å². The Balaban J connectivity index is 0.00000312. The van der Waals surface area contributed by atoms with Crippen molar-refractivity contribution in [3.63, 3.8) is 0 Å². The SMILES string of the molecule is CC(=O)NC(CC(=O)N1CCC(C(=O)O)C1)c1ccc(F)cc1F.Cl. The normalized spacial score (nSPS) is 17.6. The van der Waals surface area contributed by atoms with Crippen LogP contribution >= 0.6 is 12.4 Å². The summed E-state index contributed by atoms with van der Waals surface area (Å²) in [7, 11) is 0. The van der Waals surface area contributed by atoms with Gasteiger partial charge in [-0.1, -0.05) is 6.07 Å². The zero-order valence-corrected chi connectivity index (χ0v) is 14.3. The second-order valence-corrected chi connectivity index (χ2v) is 5.79. The maximum absolute atomic E-state index is 14.0. The number of carboxylic acid groups (broad SMARTS) is 1. The Labute approximate surface area is 149 Å². The molecule has 2 rings (SSSR count). The van der Waals surface area contributed by atoms with Gasteiger partial charge in [-0.05, 0) is 12.5 Å². The Morgan fingerprint density at radius 1 is 1.36 bits per heavy atom. The number of amides is 2. The average Bonchev–Trinajstić information content (AvgIpc) is 2.96. The first kappa shape index (κ1) is 20.8. The van der Waals surface area contributed by atoms with Gasteiger partial charge >= 0.3 is 5.97 Å². The van der Waals surface area contributed by atoms with Gasteiger partial charge in [-0.15, -0.1) is 12.4 Å². The van der Waals surface area contributed by atoms with Crippen LogP contribution in [-0.2, 0) is 14.4 Å². The van der Waals surface area contributed by atoms with Crippen molar-refractivity contribution >= 4 is 30.2 Å². The van der Waals surface area contributed by atoms with Crippen LogP contribution in [0.4, 0.5) is 8.78 Å². The molecule has 0 radical (unpaired) electrons. The molecule has 2 atom stereocenters. The highest BCUT2D eigenvalue weighted by Crippen LogP contribution is 2.24. The van der Waals surface area contributed by atoms with E-state index in [4.69, 9.17) is 5.11 Å². The highest BCUT2D eigenvalue weighted by atomic mass is 35.5. The summed E-state index contributed by atoms with van der Waals surface area (Å²) in [6.45, 7) is 1.62. The summed E-state index contributed by atoms with van der Waals surface area (Å²) in [5.74, 6) is -4.04. The van der Waals surface area contributed by atoms with Crippen molar-refractivity contribution in [2.75, 3.05) is 13.1 Å². The molecular formula is C16H19ClF2N2O4. The molecule has 1 heterocycles. The van der Waals surface area contributed by atoms with Gasteiger partial charge in [-0.25, -0.2) is 8.78 Å². The first-order valence-electron chi connectivity index (χ1n) is 7.50. The number of likely N-dealkylation sites (tertiary alicyclic amines) is 1. The first-order valence-corrected chi connectivity index (χ1v) is 7.50. The van der Waals surface area contributed by atoms with Crippen LogP contribution < -0.4 is 5.32 Å². The number of carboxylic acids is 1. The third-order valence-corrected chi connectivity index (χ3v) is 3.98. The number of hydrogen-bond donors (Lipinski definition) is 2. The van der Waals surface area contributed by atoms with Crippen molar-refractivity contribution in [2.24, 2.45) is 5.92 Å². The van der Waals surface area contributed by atoms with Gasteiger partial charge in [0.2, 0.25) is 11.8 Å². The minimum absolute atomic E-state index is 0. The summed E-state index contributed by atoms with van der Waals surface area (Å²) in [6, 6.07) is 1.97. The molecule has 0 bridgehead atoms. The number of benzene rings is 1. The summed E-state index contributed by atoms with van der Waals surface area (Å²) < 4.78 is 27.0. The number of carbonyl (C=O) groups excluding carboxylic acids is 2. The predicted molar refractivity (Wildman–Crippen MR) is 87.1 cm³/mol. The molecule has 2 N–H and O–H groups in total. The van der Waals surface area contributed by atoms with Crippen molar-refractivity contribution in [1.29, 1.82) is 0 Å². The van der Waals surface area contributed by atoms with Gasteiger partial charge < -0.3 is 15.3 Å². The Hall–Kier alpha value is -2.22. The maximum Gasteiger partial charge on any atom is 0.308 e. The van der Waals surface area contributed by atoms with Gasteiger partial charge in [0.25, 0.3) is 0 Å². The molecule has 0 aliphatic carbocycles. The van der Waals surface area contributed by atoms with Crippen LogP contribution in [0.15, 0.2) is 18.2 Å². The van der Waals surface area contributed by atoms with E-state index in [1.165, 1.54) is 17.9 Å². The summed E-state index contributed by atoms with van der Waals surface area (Å²) in [6.07, 6.45) is 0.130. The van der Waals surface area contributed by atoms with Crippen LogP contribution in [0.3, 0.4) is 0 Å². The van der Waals surface area contributed by atoms with Crippen molar-refractivity contribution in [3.05, 3.63) is 35.4 Å². The highest BCUT2D eigenvalue weighted by molar-refractivity contribution is 5.85. The molecule has 0 spiro atoms. The quantitative estimate of drug-likeness (QED) is 0.821. The molecule has 9 heteroatoms. The van der Waals surface area contributed by atoms with Crippen LogP contribution in [0.5, 0.6) is 0 Å². The molecular weight excluding hydrogens is 358 g/mol. The summed E-state index contributed by atoms with van der Waals surface area (Å²) in [5, 5.41) is 11.5. The topological polar surface area (TPSA) is 86.7 Å². The molecule has 2 amide bonds. The molecule has 1 fully saturated rings. The fourth-order valence-electron chi connectivity index (χ4n) is 2.76. The molecule has 1 saturated heterocycles. The number of nitrogens with zero attached hydrogens (tertiary/aromatic N) is 1. The number of carbonyl (C=O) groups is 3. The Morgan fingerprint density at radius 2 is 2.04 bits per heavy atom. The van der Waals surface area contributed by atoms with E-state index in [-0.39, 0.29) is 36.8 Å². The van der Waals surface area contributed by atoms with Gasteiger partial charge in [0.15, 0.2) is 0 Å². The lowest BCUT2D eigenvalue weighted by Gasteiger charge is -2.22. The van der Waals surface area contributed by atoms with Gasteiger partial charge in [0, 0.05) is 31.6 Å². The van der Waals surface area contributed by atoms with E-state index in [1.54, 1.807) is 0 Å². The summed E-state index contributed by atoms with van der Waals surface area (Å²) >= 11 is 0. The lowest BCUT2D eigenvalue weighted by molar-refractivity contribution is -0.141. The largest absolute Gasteiger partial charge is 0.481 e. The standard InChI is InChI=1S/C16H18F2N2O4.ClH/c1-9(21)19-14(12-3-2-11(17)6-13(12)18)7-15(22)20-5-4-10(8-20)16(23)24;/h2-3,6,10,14H,4-5,7-8H2,1H3,(H,19,21)(H,23,24);1H. The Morgan fingerprint density at radius 3 is 2.56 bits per heavy atom. The molecule has 25 heavy (non-hydrogen) atoms. The van der Waals surface area contributed by atoms with Gasteiger partial charge in [-0.3, -0.25) is 14.4 Å². The number of aliphatic carboxylic acids is 1. The van der Waals surface area contributed by atoms with Crippen molar-refractivity contribution in [3.8, 4) is 0 Å². The van der Waals surface area contributed by atoms with Gasteiger partial charge in [0.05, 0.1) is 18.4 Å². The van der Waals surface area contributed by atoms with Crippen LogP contribution in [0.1, 0.15) is 31.4 Å². The van der Waals surface area contributed by atoms with Gasteiger partial charge in [0.1, 0.15) is 11.6 Å². The highest BCUT2D eigenvalue weighted by Gasteiger charge is 2.32. The molecule has 1 aromatic rings. The second-order valence-electron chi connectivity index (χ2n) is 5.79. The summed E-state index contributed by atoms with van der Waals surface area (Å²) in [5.41, 5.74) is 0.00827. The zero-order valence-electron chi connectivity index (χ0n) is 13.5. The van der Waals surface area contributed by atoms with E-state index in [9.17, 15) is 23.2 Å². The Kier molecular flexibility index (Phi) is 7.29. The van der Waals surface area contributed by atoms with E-state index < -0.39 is 35.5 Å². The first-order chi connectivity index (χ1) is 11.3. The fourth-order valence-corrected chi connectivity index (χ4v) is 2.76. The fraction of sp³-hybridized carbons (Fsp3) is 0.438. The zero-order chi connectivity index (χ0) is 17.9. The third kappa shape index (κ3) is 5.38. The lowest BCUT2D eigenvalue weighted by atomic mass is 10.0. The number of halogens is 3. The van der Waals surface area contributed by atoms with Crippen LogP contribution in [0.25, 0.3) is 0 Å². The van der Waals surface area contributed by atoms with E-state index in [1.807, 2.05) is 0 Å². The molecule has 138 valence electrons.